The monoisotopic (exact) mass is 261 g/mol. The zero-order chi connectivity index (χ0) is 14.2. The number of benzene rings is 2. The standard InChI is InChI=1S/C15H13F2NO/c1-8-6-9(2)13(12(17)7-8)15(19)10-4-3-5-11(16)14(10)18/h3-7H,18H2,1-2H3. The second-order valence-electron chi connectivity index (χ2n) is 4.47. The summed E-state index contributed by atoms with van der Waals surface area (Å²) in [6.45, 7) is 3.37. The van der Waals surface area contributed by atoms with Crippen LogP contribution in [0.1, 0.15) is 27.0 Å². The summed E-state index contributed by atoms with van der Waals surface area (Å²) < 4.78 is 27.3. The van der Waals surface area contributed by atoms with Gasteiger partial charge < -0.3 is 5.73 Å². The maximum absolute atomic E-state index is 13.9. The van der Waals surface area contributed by atoms with Crippen LogP contribution in [-0.2, 0) is 0 Å². The number of ketones is 1. The maximum Gasteiger partial charge on any atom is 0.198 e. The molecule has 0 atom stereocenters. The summed E-state index contributed by atoms with van der Waals surface area (Å²) in [5, 5.41) is 0. The first-order chi connectivity index (χ1) is 8.91. The van der Waals surface area contributed by atoms with Crippen LogP contribution in [0.2, 0.25) is 0 Å². The van der Waals surface area contributed by atoms with Gasteiger partial charge in [-0.25, -0.2) is 8.78 Å². The van der Waals surface area contributed by atoms with Crippen LogP contribution in [0.5, 0.6) is 0 Å². The zero-order valence-electron chi connectivity index (χ0n) is 10.6. The number of halogens is 2. The Bertz CT molecular complexity index is 642. The molecule has 0 saturated heterocycles. The van der Waals surface area contributed by atoms with Gasteiger partial charge in [0.1, 0.15) is 11.6 Å². The number of nitrogens with two attached hydrogens (primary N) is 1. The van der Waals surface area contributed by atoms with Crippen molar-refractivity contribution in [2.75, 3.05) is 5.73 Å². The third kappa shape index (κ3) is 2.34. The van der Waals surface area contributed by atoms with Crippen molar-refractivity contribution in [1.29, 1.82) is 0 Å². The highest BCUT2D eigenvalue weighted by molar-refractivity contribution is 6.13. The summed E-state index contributed by atoms with van der Waals surface area (Å²) in [6.07, 6.45) is 0. The Balaban J connectivity index is 2.60. The predicted octanol–water partition coefficient (Wildman–Crippen LogP) is 3.39. The fourth-order valence-electron chi connectivity index (χ4n) is 2.07. The van der Waals surface area contributed by atoms with Crippen molar-refractivity contribution >= 4 is 11.5 Å². The van der Waals surface area contributed by atoms with Crippen molar-refractivity contribution in [1.82, 2.24) is 0 Å². The molecule has 0 bridgehead atoms. The summed E-state index contributed by atoms with van der Waals surface area (Å²) in [7, 11) is 0. The van der Waals surface area contributed by atoms with Gasteiger partial charge >= 0.3 is 0 Å². The van der Waals surface area contributed by atoms with Crippen LogP contribution < -0.4 is 5.73 Å². The molecule has 2 nitrogen and oxygen atoms in total. The molecule has 0 heterocycles. The van der Waals surface area contributed by atoms with E-state index in [1.165, 1.54) is 18.2 Å². The highest BCUT2D eigenvalue weighted by Gasteiger charge is 2.20. The fraction of sp³-hybridized carbons (Fsp3) is 0.133. The summed E-state index contributed by atoms with van der Waals surface area (Å²) >= 11 is 0. The lowest BCUT2D eigenvalue weighted by atomic mass is 9.96. The lowest BCUT2D eigenvalue weighted by Crippen LogP contribution is -2.11. The molecule has 0 aliphatic carbocycles. The third-order valence-electron chi connectivity index (χ3n) is 2.96. The Hall–Kier alpha value is -2.23. The summed E-state index contributed by atoms with van der Waals surface area (Å²) in [5.74, 6) is -1.91. The Morgan fingerprint density at radius 3 is 2.42 bits per heavy atom. The predicted molar refractivity (Wildman–Crippen MR) is 70.1 cm³/mol. The number of hydrogen-bond acceptors (Lipinski definition) is 2. The Morgan fingerprint density at radius 1 is 1.11 bits per heavy atom. The van der Waals surface area contributed by atoms with Gasteiger partial charge in [0.05, 0.1) is 11.3 Å². The first-order valence-electron chi connectivity index (χ1n) is 5.77. The largest absolute Gasteiger partial charge is 0.396 e. The van der Waals surface area contributed by atoms with Crippen molar-refractivity contribution in [2.45, 2.75) is 13.8 Å². The molecule has 98 valence electrons. The summed E-state index contributed by atoms with van der Waals surface area (Å²) in [4.78, 5) is 12.3. The van der Waals surface area contributed by atoms with Crippen LogP contribution in [0.25, 0.3) is 0 Å². The first-order valence-corrected chi connectivity index (χ1v) is 5.77. The molecule has 0 spiro atoms. The summed E-state index contributed by atoms with van der Waals surface area (Å²) in [6, 6.07) is 6.89. The van der Waals surface area contributed by atoms with Crippen LogP contribution in [0, 0.1) is 25.5 Å². The van der Waals surface area contributed by atoms with Crippen molar-refractivity contribution < 1.29 is 13.6 Å². The van der Waals surface area contributed by atoms with E-state index in [4.69, 9.17) is 5.73 Å². The fourth-order valence-corrected chi connectivity index (χ4v) is 2.07. The van der Waals surface area contributed by atoms with Crippen LogP contribution in [0.3, 0.4) is 0 Å². The minimum atomic E-state index is -0.684. The Labute approximate surface area is 109 Å². The third-order valence-corrected chi connectivity index (χ3v) is 2.96. The number of carbonyl (C=O) groups is 1. The van der Waals surface area contributed by atoms with E-state index >= 15 is 0 Å². The number of hydrogen-bond donors (Lipinski definition) is 1. The van der Waals surface area contributed by atoms with Crippen molar-refractivity contribution in [3.63, 3.8) is 0 Å². The van der Waals surface area contributed by atoms with Gasteiger partial charge in [-0.2, -0.15) is 0 Å². The Morgan fingerprint density at radius 2 is 1.79 bits per heavy atom. The van der Waals surface area contributed by atoms with E-state index in [1.807, 2.05) is 0 Å². The lowest BCUT2D eigenvalue weighted by molar-refractivity contribution is 0.103. The average molecular weight is 261 g/mol. The van der Waals surface area contributed by atoms with E-state index in [2.05, 4.69) is 0 Å². The topological polar surface area (TPSA) is 43.1 Å². The van der Waals surface area contributed by atoms with Crippen LogP contribution >= 0.6 is 0 Å². The highest BCUT2D eigenvalue weighted by atomic mass is 19.1. The van der Waals surface area contributed by atoms with Crippen molar-refractivity contribution in [3.05, 3.63) is 64.2 Å². The average Bonchev–Trinajstić information content (AvgIpc) is 2.31. The Kier molecular flexibility index (Phi) is 3.34. The van der Waals surface area contributed by atoms with Gasteiger partial charge in [0.15, 0.2) is 5.78 Å². The van der Waals surface area contributed by atoms with Gasteiger partial charge in [-0.05, 0) is 43.2 Å². The van der Waals surface area contributed by atoms with Gasteiger partial charge in [-0.1, -0.05) is 12.1 Å². The van der Waals surface area contributed by atoms with E-state index in [9.17, 15) is 13.6 Å². The van der Waals surface area contributed by atoms with Crippen LogP contribution in [0.15, 0.2) is 30.3 Å². The number of rotatable bonds is 2. The molecule has 0 unspecified atom stereocenters. The molecule has 0 saturated carbocycles. The molecule has 2 aromatic carbocycles. The molecule has 19 heavy (non-hydrogen) atoms. The molecule has 0 aliphatic heterocycles. The second-order valence-corrected chi connectivity index (χ2v) is 4.47. The van der Waals surface area contributed by atoms with Gasteiger partial charge in [0.25, 0.3) is 0 Å². The molecule has 0 amide bonds. The van der Waals surface area contributed by atoms with Gasteiger partial charge in [-0.15, -0.1) is 0 Å². The molecular weight excluding hydrogens is 248 g/mol. The number of anilines is 1. The molecule has 2 rings (SSSR count). The molecule has 2 aromatic rings. The molecule has 4 heteroatoms. The molecule has 2 N–H and O–H groups in total. The van der Waals surface area contributed by atoms with E-state index in [1.54, 1.807) is 19.9 Å². The number of para-hydroxylation sites is 1. The smallest absolute Gasteiger partial charge is 0.198 e. The van der Waals surface area contributed by atoms with E-state index < -0.39 is 17.4 Å². The van der Waals surface area contributed by atoms with Crippen LogP contribution in [-0.4, -0.2) is 5.78 Å². The normalized spacial score (nSPS) is 10.5. The van der Waals surface area contributed by atoms with Gasteiger partial charge in [0.2, 0.25) is 0 Å². The minimum Gasteiger partial charge on any atom is -0.396 e. The first kappa shape index (κ1) is 13.2. The SMILES string of the molecule is Cc1cc(C)c(C(=O)c2cccc(F)c2N)c(F)c1. The highest BCUT2D eigenvalue weighted by Crippen LogP contribution is 2.24. The molecule has 0 radical (unpaired) electrons. The minimum absolute atomic E-state index is 0.0224. The number of carbonyl (C=O) groups excluding carboxylic acids is 1. The van der Waals surface area contributed by atoms with Crippen molar-refractivity contribution in [3.8, 4) is 0 Å². The zero-order valence-corrected chi connectivity index (χ0v) is 10.6. The number of aryl methyl sites for hydroxylation is 2. The molecule has 0 fully saturated rings. The maximum atomic E-state index is 13.9. The van der Waals surface area contributed by atoms with E-state index in [-0.39, 0.29) is 16.8 Å². The van der Waals surface area contributed by atoms with E-state index in [0.717, 1.165) is 11.6 Å². The van der Waals surface area contributed by atoms with Crippen molar-refractivity contribution in [2.24, 2.45) is 0 Å². The quantitative estimate of drug-likeness (QED) is 0.665. The van der Waals surface area contributed by atoms with Gasteiger partial charge in [-0.3, -0.25) is 4.79 Å². The van der Waals surface area contributed by atoms with E-state index in [0.29, 0.717) is 5.56 Å². The van der Waals surface area contributed by atoms with Crippen LogP contribution in [0.4, 0.5) is 14.5 Å². The molecular formula is C15H13F2NO. The molecule has 0 aromatic heterocycles. The number of nitrogen functional groups attached to an aromatic ring is 1. The lowest BCUT2D eigenvalue weighted by Gasteiger charge is -2.10. The summed E-state index contributed by atoms with van der Waals surface area (Å²) in [5.41, 5.74) is 6.41. The molecule has 0 aliphatic rings. The second kappa shape index (κ2) is 4.80. The van der Waals surface area contributed by atoms with Gasteiger partial charge in [0, 0.05) is 5.56 Å².